The Morgan fingerprint density at radius 2 is 1.93 bits per heavy atom. The molecule has 6 nitrogen and oxygen atoms in total. The quantitative estimate of drug-likeness (QED) is 0.690. The summed E-state index contributed by atoms with van der Waals surface area (Å²) in [4.78, 5) is 12.5. The molecule has 0 saturated carbocycles. The standard InChI is InChI=1S/C21H22F3N5O/c1-4-28-13(3)19(12(2)27-28)15-9-18(30)26-20-16(15)10-25-29(20)11-14-7-5-6-8-17(14)21(22,23)24/h5-8,10,15H,4,9,11H2,1-3H3,(H,26,30). The van der Waals surface area contributed by atoms with Crippen LogP contribution in [0.15, 0.2) is 30.5 Å². The third-order valence-electron chi connectivity index (χ3n) is 5.62. The van der Waals surface area contributed by atoms with Crippen molar-refractivity contribution in [3.8, 4) is 0 Å². The molecule has 3 aromatic rings. The summed E-state index contributed by atoms with van der Waals surface area (Å²) in [6, 6.07) is 5.41. The smallest absolute Gasteiger partial charge is 0.311 e. The SMILES string of the molecule is CCn1nc(C)c(C2CC(=O)Nc3c2cnn3Cc2ccccc2C(F)(F)F)c1C. The number of amides is 1. The van der Waals surface area contributed by atoms with Gasteiger partial charge in [-0.3, -0.25) is 9.48 Å². The number of benzene rings is 1. The number of aryl methyl sites for hydroxylation is 2. The Labute approximate surface area is 171 Å². The topological polar surface area (TPSA) is 64.7 Å². The van der Waals surface area contributed by atoms with Crippen molar-refractivity contribution in [1.82, 2.24) is 19.6 Å². The molecule has 1 unspecified atom stereocenters. The zero-order valence-corrected chi connectivity index (χ0v) is 16.9. The summed E-state index contributed by atoms with van der Waals surface area (Å²) in [6.07, 6.45) is -2.58. The van der Waals surface area contributed by atoms with Gasteiger partial charge in [-0.05, 0) is 32.4 Å². The van der Waals surface area contributed by atoms with Crippen LogP contribution in [0.2, 0.25) is 0 Å². The van der Waals surface area contributed by atoms with Gasteiger partial charge in [-0.1, -0.05) is 18.2 Å². The van der Waals surface area contributed by atoms with Crippen LogP contribution in [0.25, 0.3) is 0 Å². The van der Waals surface area contributed by atoms with Gasteiger partial charge in [-0.25, -0.2) is 4.68 Å². The number of halogens is 3. The molecular formula is C21H22F3N5O. The van der Waals surface area contributed by atoms with Crippen LogP contribution in [0.1, 0.15) is 52.9 Å². The Hall–Kier alpha value is -3.10. The molecule has 4 rings (SSSR count). The Bertz CT molecular complexity index is 1110. The van der Waals surface area contributed by atoms with Gasteiger partial charge in [0.15, 0.2) is 0 Å². The second-order valence-corrected chi connectivity index (χ2v) is 7.47. The average molecular weight is 417 g/mol. The fraction of sp³-hybridized carbons (Fsp3) is 0.381. The van der Waals surface area contributed by atoms with Crippen LogP contribution in [-0.2, 0) is 24.1 Å². The van der Waals surface area contributed by atoms with Gasteiger partial charge in [-0.2, -0.15) is 23.4 Å². The van der Waals surface area contributed by atoms with E-state index in [2.05, 4.69) is 15.5 Å². The molecule has 1 aromatic carbocycles. The van der Waals surface area contributed by atoms with Crippen LogP contribution in [0, 0.1) is 13.8 Å². The number of nitrogens with one attached hydrogen (secondary N) is 1. The summed E-state index contributed by atoms with van der Waals surface area (Å²) in [6.45, 7) is 6.49. The van der Waals surface area contributed by atoms with Crippen LogP contribution >= 0.6 is 0 Å². The highest BCUT2D eigenvalue weighted by atomic mass is 19.4. The maximum absolute atomic E-state index is 13.4. The van der Waals surface area contributed by atoms with Crippen LogP contribution in [0.4, 0.5) is 19.0 Å². The monoisotopic (exact) mass is 417 g/mol. The maximum Gasteiger partial charge on any atom is 0.416 e. The van der Waals surface area contributed by atoms with E-state index in [0.717, 1.165) is 28.6 Å². The molecule has 0 fully saturated rings. The van der Waals surface area contributed by atoms with Gasteiger partial charge in [-0.15, -0.1) is 0 Å². The first kappa shape index (κ1) is 20.2. The lowest BCUT2D eigenvalue weighted by Crippen LogP contribution is -2.26. The van der Waals surface area contributed by atoms with E-state index in [1.54, 1.807) is 12.3 Å². The molecule has 1 amide bonds. The average Bonchev–Trinajstić information content (AvgIpc) is 3.21. The van der Waals surface area contributed by atoms with Crippen LogP contribution < -0.4 is 5.32 Å². The van der Waals surface area contributed by atoms with Crippen molar-refractivity contribution in [2.45, 2.75) is 52.4 Å². The molecule has 0 saturated heterocycles. The van der Waals surface area contributed by atoms with E-state index in [4.69, 9.17) is 0 Å². The number of alkyl halides is 3. The fourth-order valence-electron chi connectivity index (χ4n) is 4.27. The normalized spacial score (nSPS) is 16.5. The van der Waals surface area contributed by atoms with E-state index in [9.17, 15) is 18.0 Å². The van der Waals surface area contributed by atoms with Crippen molar-refractivity contribution in [1.29, 1.82) is 0 Å². The number of aromatic nitrogens is 4. The Kier molecular flexibility index (Phi) is 4.91. The highest BCUT2D eigenvalue weighted by Gasteiger charge is 2.35. The van der Waals surface area contributed by atoms with Crippen LogP contribution in [-0.4, -0.2) is 25.5 Å². The van der Waals surface area contributed by atoms with Crippen LogP contribution in [0.5, 0.6) is 0 Å². The summed E-state index contributed by atoms with van der Waals surface area (Å²) in [5, 5.41) is 11.7. The molecule has 0 radical (unpaired) electrons. The third-order valence-corrected chi connectivity index (χ3v) is 5.62. The Morgan fingerprint density at radius 1 is 1.20 bits per heavy atom. The van der Waals surface area contributed by atoms with Gasteiger partial charge >= 0.3 is 6.18 Å². The van der Waals surface area contributed by atoms with Gasteiger partial charge in [0, 0.05) is 35.7 Å². The van der Waals surface area contributed by atoms with Gasteiger partial charge in [0.25, 0.3) is 0 Å². The lowest BCUT2D eigenvalue weighted by Gasteiger charge is -2.24. The summed E-state index contributed by atoms with van der Waals surface area (Å²) < 4.78 is 43.5. The largest absolute Gasteiger partial charge is 0.416 e. The molecule has 1 aliphatic rings. The molecule has 0 bridgehead atoms. The number of carbonyl (C=O) groups is 1. The van der Waals surface area contributed by atoms with E-state index in [0.29, 0.717) is 12.4 Å². The summed E-state index contributed by atoms with van der Waals surface area (Å²) in [5.41, 5.74) is 2.98. The van der Waals surface area contributed by atoms with Crippen molar-refractivity contribution in [3.63, 3.8) is 0 Å². The molecule has 0 aliphatic carbocycles. The Morgan fingerprint density at radius 3 is 2.60 bits per heavy atom. The Balaban J connectivity index is 1.76. The van der Waals surface area contributed by atoms with Gasteiger partial charge in [0.2, 0.25) is 5.91 Å². The number of carbonyl (C=O) groups excluding carboxylic acids is 1. The van der Waals surface area contributed by atoms with E-state index >= 15 is 0 Å². The van der Waals surface area contributed by atoms with E-state index in [1.165, 1.54) is 16.8 Å². The van der Waals surface area contributed by atoms with Crippen molar-refractivity contribution < 1.29 is 18.0 Å². The molecule has 1 N–H and O–H groups in total. The first-order valence-electron chi connectivity index (χ1n) is 9.75. The predicted molar refractivity (Wildman–Crippen MR) is 105 cm³/mol. The van der Waals surface area contributed by atoms with Gasteiger partial charge in [0.05, 0.1) is 24.0 Å². The zero-order valence-electron chi connectivity index (χ0n) is 16.9. The van der Waals surface area contributed by atoms with E-state index in [1.807, 2.05) is 25.5 Å². The van der Waals surface area contributed by atoms with Crippen molar-refractivity contribution in [2.24, 2.45) is 0 Å². The van der Waals surface area contributed by atoms with Crippen molar-refractivity contribution >= 4 is 11.7 Å². The number of hydrogen-bond donors (Lipinski definition) is 1. The van der Waals surface area contributed by atoms with Gasteiger partial charge in [0.1, 0.15) is 5.82 Å². The van der Waals surface area contributed by atoms with E-state index < -0.39 is 11.7 Å². The second-order valence-electron chi connectivity index (χ2n) is 7.47. The van der Waals surface area contributed by atoms with Crippen LogP contribution in [0.3, 0.4) is 0 Å². The second kappa shape index (κ2) is 7.30. The molecule has 30 heavy (non-hydrogen) atoms. The highest BCUT2D eigenvalue weighted by Crippen LogP contribution is 2.40. The maximum atomic E-state index is 13.4. The minimum absolute atomic E-state index is 0.0931. The molecule has 3 heterocycles. The predicted octanol–water partition coefficient (Wildman–Crippen LogP) is 4.26. The van der Waals surface area contributed by atoms with Crippen molar-refractivity contribution in [3.05, 3.63) is 64.1 Å². The minimum Gasteiger partial charge on any atom is -0.311 e. The summed E-state index contributed by atoms with van der Waals surface area (Å²) in [7, 11) is 0. The minimum atomic E-state index is -4.46. The number of anilines is 1. The number of fused-ring (bicyclic) bond motifs is 1. The lowest BCUT2D eigenvalue weighted by atomic mass is 9.86. The molecule has 2 aromatic heterocycles. The third kappa shape index (κ3) is 3.38. The summed E-state index contributed by atoms with van der Waals surface area (Å²) in [5.74, 6) is 0.0124. The fourth-order valence-corrected chi connectivity index (χ4v) is 4.27. The molecular weight excluding hydrogens is 395 g/mol. The molecule has 9 heteroatoms. The summed E-state index contributed by atoms with van der Waals surface area (Å²) >= 11 is 0. The molecule has 1 aliphatic heterocycles. The number of hydrogen-bond acceptors (Lipinski definition) is 3. The lowest BCUT2D eigenvalue weighted by molar-refractivity contribution is -0.138. The molecule has 1 atom stereocenters. The molecule has 0 spiro atoms. The molecule has 158 valence electrons. The van der Waals surface area contributed by atoms with Crippen molar-refractivity contribution in [2.75, 3.05) is 5.32 Å². The first-order chi connectivity index (χ1) is 14.2. The zero-order chi connectivity index (χ0) is 21.6. The first-order valence-corrected chi connectivity index (χ1v) is 9.75. The highest BCUT2D eigenvalue weighted by molar-refractivity contribution is 5.94. The van der Waals surface area contributed by atoms with Gasteiger partial charge < -0.3 is 5.32 Å². The number of rotatable bonds is 4. The number of nitrogens with zero attached hydrogens (tertiary/aromatic N) is 4. The van der Waals surface area contributed by atoms with E-state index in [-0.39, 0.29) is 30.4 Å².